The molecule has 0 atom stereocenters. The highest BCUT2D eigenvalue weighted by atomic mass is 32.2. The molecule has 3 rings (SSSR count). The van der Waals surface area contributed by atoms with Crippen molar-refractivity contribution in [1.29, 1.82) is 0 Å². The van der Waals surface area contributed by atoms with Crippen LogP contribution in [0.1, 0.15) is 10.8 Å². The Morgan fingerprint density at radius 3 is 2.38 bits per heavy atom. The van der Waals surface area contributed by atoms with E-state index in [0.717, 1.165) is 4.88 Å². The molecular formula is C12H16N4O3S2. The van der Waals surface area contributed by atoms with E-state index in [-0.39, 0.29) is 0 Å². The zero-order chi connectivity index (χ0) is 15.0. The minimum absolute atomic E-state index is 0.405. The van der Waals surface area contributed by atoms with Crippen molar-refractivity contribution in [3.8, 4) is 0 Å². The molecule has 7 nitrogen and oxygen atoms in total. The van der Waals surface area contributed by atoms with Crippen LogP contribution < -0.4 is 4.90 Å². The summed E-state index contributed by atoms with van der Waals surface area (Å²) in [5, 5.41) is 7.75. The Bertz CT molecular complexity index is 729. The zero-order valence-corrected chi connectivity index (χ0v) is 13.4. The summed E-state index contributed by atoms with van der Waals surface area (Å²) in [5.74, 6) is 0.508. The number of aryl methyl sites for hydroxylation is 2. The second kappa shape index (κ2) is 5.39. The highest BCUT2D eigenvalue weighted by Crippen LogP contribution is 2.25. The van der Waals surface area contributed by atoms with E-state index in [1.54, 1.807) is 13.0 Å². The van der Waals surface area contributed by atoms with Crippen LogP contribution in [0.15, 0.2) is 20.8 Å². The summed E-state index contributed by atoms with van der Waals surface area (Å²) in [6.45, 7) is 5.56. The summed E-state index contributed by atoms with van der Waals surface area (Å²) < 4.78 is 32.3. The second-order valence-corrected chi connectivity index (χ2v) is 8.31. The maximum Gasteiger partial charge on any atom is 0.318 e. The summed E-state index contributed by atoms with van der Waals surface area (Å²) in [4.78, 5) is 2.90. The Morgan fingerprint density at radius 2 is 1.86 bits per heavy atom. The monoisotopic (exact) mass is 328 g/mol. The molecule has 0 saturated carbocycles. The van der Waals surface area contributed by atoms with E-state index in [9.17, 15) is 8.42 Å². The van der Waals surface area contributed by atoms with Gasteiger partial charge in [-0.2, -0.15) is 4.31 Å². The van der Waals surface area contributed by atoms with Gasteiger partial charge in [-0.05, 0) is 19.1 Å². The van der Waals surface area contributed by atoms with Crippen LogP contribution in [0.2, 0.25) is 0 Å². The first kappa shape index (κ1) is 14.5. The molecule has 0 amide bonds. The topological polar surface area (TPSA) is 79.5 Å². The van der Waals surface area contributed by atoms with E-state index >= 15 is 0 Å². The van der Waals surface area contributed by atoms with E-state index in [1.165, 1.54) is 15.6 Å². The Morgan fingerprint density at radius 1 is 1.14 bits per heavy atom. The average Bonchev–Trinajstić information content (AvgIpc) is 3.08. The first-order chi connectivity index (χ1) is 9.96. The fraction of sp³-hybridized carbons (Fsp3) is 0.500. The van der Waals surface area contributed by atoms with Gasteiger partial charge in [-0.1, -0.05) is 5.10 Å². The van der Waals surface area contributed by atoms with Gasteiger partial charge < -0.3 is 9.32 Å². The molecule has 114 valence electrons. The number of aromatic nitrogens is 2. The Balaban J connectivity index is 1.71. The van der Waals surface area contributed by atoms with Crippen molar-refractivity contribution >= 4 is 27.4 Å². The van der Waals surface area contributed by atoms with Gasteiger partial charge in [-0.3, -0.25) is 0 Å². The van der Waals surface area contributed by atoms with Crippen molar-refractivity contribution in [3.63, 3.8) is 0 Å². The van der Waals surface area contributed by atoms with Crippen molar-refractivity contribution in [3.05, 3.63) is 22.9 Å². The third-order valence-electron chi connectivity index (χ3n) is 3.33. The van der Waals surface area contributed by atoms with E-state index < -0.39 is 10.0 Å². The maximum atomic E-state index is 12.5. The number of sulfonamides is 1. The van der Waals surface area contributed by atoms with Gasteiger partial charge in [0.25, 0.3) is 10.0 Å². The fourth-order valence-electron chi connectivity index (χ4n) is 2.21. The molecule has 0 N–H and O–H groups in total. The molecule has 0 unspecified atom stereocenters. The van der Waals surface area contributed by atoms with E-state index in [2.05, 4.69) is 10.2 Å². The molecule has 1 saturated heterocycles. The third-order valence-corrected chi connectivity index (χ3v) is 6.70. The predicted molar refractivity (Wildman–Crippen MR) is 79.1 cm³/mol. The molecule has 0 aromatic carbocycles. The van der Waals surface area contributed by atoms with E-state index in [1.807, 2.05) is 17.9 Å². The van der Waals surface area contributed by atoms with Crippen LogP contribution in [0.3, 0.4) is 0 Å². The highest BCUT2D eigenvalue weighted by Gasteiger charge is 2.30. The van der Waals surface area contributed by atoms with Crippen LogP contribution in [-0.2, 0) is 10.0 Å². The van der Waals surface area contributed by atoms with Crippen LogP contribution in [-0.4, -0.2) is 49.1 Å². The number of piperazine rings is 1. The summed E-state index contributed by atoms with van der Waals surface area (Å²) >= 11 is 1.30. The standard InChI is InChI=1S/C12H16N4O3S2/c1-9-3-4-11(20-9)21(17,18)16-7-5-15(6-8-16)12-14-13-10(2)19-12/h3-4H,5-8H2,1-2H3. The lowest BCUT2D eigenvalue weighted by atomic mass is 10.4. The molecule has 2 aromatic heterocycles. The van der Waals surface area contributed by atoms with Gasteiger partial charge in [-0.25, -0.2) is 8.42 Å². The van der Waals surface area contributed by atoms with Crippen LogP contribution in [0.25, 0.3) is 0 Å². The first-order valence-corrected chi connectivity index (χ1v) is 8.84. The minimum atomic E-state index is -3.38. The van der Waals surface area contributed by atoms with Gasteiger partial charge in [0.05, 0.1) is 0 Å². The average molecular weight is 328 g/mol. The number of hydrogen-bond donors (Lipinski definition) is 0. The smallest absolute Gasteiger partial charge is 0.318 e. The van der Waals surface area contributed by atoms with Gasteiger partial charge >= 0.3 is 6.01 Å². The van der Waals surface area contributed by atoms with Crippen molar-refractivity contribution in [2.75, 3.05) is 31.1 Å². The number of thiophene rings is 1. The highest BCUT2D eigenvalue weighted by molar-refractivity contribution is 7.91. The molecule has 21 heavy (non-hydrogen) atoms. The quantitative estimate of drug-likeness (QED) is 0.844. The second-order valence-electron chi connectivity index (χ2n) is 4.86. The Hall–Kier alpha value is -1.45. The van der Waals surface area contributed by atoms with Crippen LogP contribution >= 0.6 is 11.3 Å². The summed E-state index contributed by atoms with van der Waals surface area (Å²) in [7, 11) is -3.38. The molecule has 9 heteroatoms. The molecule has 0 bridgehead atoms. The Kier molecular flexibility index (Phi) is 3.72. The number of nitrogens with zero attached hydrogens (tertiary/aromatic N) is 4. The lowest BCUT2D eigenvalue weighted by Gasteiger charge is -2.32. The largest absolute Gasteiger partial charge is 0.408 e. The van der Waals surface area contributed by atoms with Crippen LogP contribution in [0.4, 0.5) is 6.01 Å². The van der Waals surface area contributed by atoms with Crippen LogP contribution in [0.5, 0.6) is 0 Å². The zero-order valence-electron chi connectivity index (χ0n) is 11.8. The summed E-state index contributed by atoms with van der Waals surface area (Å²) in [5.41, 5.74) is 0. The minimum Gasteiger partial charge on any atom is -0.408 e. The molecule has 0 spiro atoms. The molecule has 2 aromatic rings. The van der Waals surface area contributed by atoms with E-state index in [0.29, 0.717) is 42.3 Å². The molecular weight excluding hydrogens is 312 g/mol. The summed E-state index contributed by atoms with van der Waals surface area (Å²) in [6.07, 6.45) is 0. The first-order valence-electron chi connectivity index (χ1n) is 6.58. The van der Waals surface area contributed by atoms with Crippen molar-refractivity contribution in [1.82, 2.24) is 14.5 Å². The van der Waals surface area contributed by atoms with Gasteiger partial charge in [0, 0.05) is 38.0 Å². The van der Waals surface area contributed by atoms with Gasteiger partial charge in [0.2, 0.25) is 5.89 Å². The molecule has 0 radical (unpaired) electrons. The van der Waals surface area contributed by atoms with Crippen molar-refractivity contribution in [2.24, 2.45) is 0 Å². The fourth-order valence-corrected chi connectivity index (χ4v) is 5.07. The summed E-state index contributed by atoms with van der Waals surface area (Å²) in [6, 6.07) is 3.95. The van der Waals surface area contributed by atoms with Gasteiger partial charge in [0.1, 0.15) is 4.21 Å². The third kappa shape index (κ3) is 2.81. The lowest BCUT2D eigenvalue weighted by Crippen LogP contribution is -2.48. The lowest BCUT2D eigenvalue weighted by molar-refractivity contribution is 0.371. The predicted octanol–water partition coefficient (Wildman–Crippen LogP) is 1.26. The molecule has 1 fully saturated rings. The van der Waals surface area contributed by atoms with Crippen LogP contribution in [0, 0.1) is 13.8 Å². The number of rotatable bonds is 3. The maximum absolute atomic E-state index is 12.5. The van der Waals surface area contributed by atoms with E-state index in [4.69, 9.17) is 4.42 Å². The van der Waals surface area contributed by atoms with Crippen molar-refractivity contribution < 1.29 is 12.8 Å². The normalized spacial score (nSPS) is 17.3. The molecule has 0 aliphatic carbocycles. The number of anilines is 1. The molecule has 3 heterocycles. The van der Waals surface area contributed by atoms with Crippen molar-refractivity contribution in [2.45, 2.75) is 18.1 Å². The SMILES string of the molecule is Cc1nnc(N2CCN(S(=O)(=O)c3ccc(C)s3)CC2)o1. The molecule has 1 aliphatic rings. The number of hydrogen-bond acceptors (Lipinski definition) is 7. The Labute approximate surface area is 127 Å². The van der Waals surface area contributed by atoms with Gasteiger partial charge in [0.15, 0.2) is 0 Å². The molecule has 1 aliphatic heterocycles. The van der Waals surface area contributed by atoms with Gasteiger partial charge in [-0.15, -0.1) is 16.4 Å².